The maximum Gasteiger partial charge on any atom is 0.104 e. The fourth-order valence-corrected chi connectivity index (χ4v) is 0.748. The SMILES string of the molecule is C=CCc1cc[nH]c1N. The maximum atomic E-state index is 5.52. The highest BCUT2D eigenvalue weighted by molar-refractivity contribution is 5.40. The summed E-state index contributed by atoms with van der Waals surface area (Å²) in [4.78, 5) is 2.88. The molecule has 1 heterocycles. The second-order valence-corrected chi connectivity index (χ2v) is 1.91. The molecule has 2 heteroatoms. The molecule has 0 saturated carbocycles. The third kappa shape index (κ3) is 1.13. The number of hydrogen-bond acceptors (Lipinski definition) is 1. The van der Waals surface area contributed by atoms with Gasteiger partial charge < -0.3 is 10.7 Å². The quantitative estimate of drug-likeness (QED) is 0.571. The molecular weight excluding hydrogens is 112 g/mol. The van der Waals surface area contributed by atoms with Gasteiger partial charge in [-0.3, -0.25) is 0 Å². The van der Waals surface area contributed by atoms with E-state index in [1.807, 2.05) is 18.3 Å². The molecule has 0 aliphatic carbocycles. The molecule has 0 atom stereocenters. The van der Waals surface area contributed by atoms with E-state index in [2.05, 4.69) is 11.6 Å². The summed E-state index contributed by atoms with van der Waals surface area (Å²) in [5.74, 6) is 0.745. The first-order valence-corrected chi connectivity index (χ1v) is 2.87. The lowest BCUT2D eigenvalue weighted by Crippen LogP contribution is -1.88. The third-order valence-electron chi connectivity index (χ3n) is 1.23. The number of anilines is 1. The lowest BCUT2D eigenvalue weighted by molar-refractivity contribution is 1.28. The molecule has 0 radical (unpaired) electrons. The summed E-state index contributed by atoms with van der Waals surface area (Å²) in [5, 5.41) is 0. The van der Waals surface area contributed by atoms with Crippen LogP contribution in [0.3, 0.4) is 0 Å². The molecule has 0 aliphatic rings. The summed E-state index contributed by atoms with van der Waals surface area (Å²) < 4.78 is 0. The van der Waals surface area contributed by atoms with E-state index in [4.69, 9.17) is 5.73 Å². The molecule has 2 nitrogen and oxygen atoms in total. The van der Waals surface area contributed by atoms with Crippen LogP contribution in [0.25, 0.3) is 0 Å². The normalized spacial score (nSPS) is 9.33. The minimum Gasteiger partial charge on any atom is -0.385 e. The molecule has 3 N–H and O–H groups in total. The Bertz CT molecular complexity index is 200. The Balaban J connectivity index is 2.80. The van der Waals surface area contributed by atoms with Crippen LogP contribution in [0.15, 0.2) is 24.9 Å². The zero-order valence-corrected chi connectivity index (χ0v) is 5.22. The summed E-state index contributed by atoms with van der Waals surface area (Å²) in [6, 6.07) is 1.96. The Morgan fingerprint density at radius 2 is 2.56 bits per heavy atom. The van der Waals surface area contributed by atoms with Gasteiger partial charge in [-0.05, 0) is 18.1 Å². The van der Waals surface area contributed by atoms with E-state index in [1.54, 1.807) is 0 Å². The number of hydrogen-bond donors (Lipinski definition) is 2. The van der Waals surface area contributed by atoms with Gasteiger partial charge in [0.1, 0.15) is 5.82 Å². The maximum absolute atomic E-state index is 5.52. The number of rotatable bonds is 2. The van der Waals surface area contributed by atoms with Gasteiger partial charge in [0.05, 0.1) is 0 Å². The predicted molar refractivity (Wildman–Crippen MR) is 39.1 cm³/mol. The molecule has 0 spiro atoms. The molecule has 48 valence electrons. The second-order valence-electron chi connectivity index (χ2n) is 1.91. The lowest BCUT2D eigenvalue weighted by Gasteiger charge is -1.90. The molecule has 1 aromatic rings. The van der Waals surface area contributed by atoms with Crippen molar-refractivity contribution in [3.05, 3.63) is 30.5 Å². The molecule has 0 aliphatic heterocycles. The van der Waals surface area contributed by atoms with Crippen molar-refractivity contribution in [3.8, 4) is 0 Å². The second kappa shape index (κ2) is 2.40. The fourth-order valence-electron chi connectivity index (χ4n) is 0.748. The van der Waals surface area contributed by atoms with Crippen LogP contribution in [-0.2, 0) is 6.42 Å². The molecular formula is C7H10N2. The topological polar surface area (TPSA) is 41.8 Å². The van der Waals surface area contributed by atoms with Crippen molar-refractivity contribution in [2.75, 3.05) is 5.73 Å². The van der Waals surface area contributed by atoms with Crippen LogP contribution in [0.1, 0.15) is 5.56 Å². The van der Waals surface area contributed by atoms with Crippen LogP contribution < -0.4 is 5.73 Å². The smallest absolute Gasteiger partial charge is 0.104 e. The zero-order valence-electron chi connectivity index (χ0n) is 5.22. The molecule has 0 unspecified atom stereocenters. The summed E-state index contributed by atoms with van der Waals surface area (Å²) in [6.45, 7) is 3.61. The van der Waals surface area contributed by atoms with Crippen LogP contribution in [0.5, 0.6) is 0 Å². The predicted octanol–water partition coefficient (Wildman–Crippen LogP) is 1.33. The van der Waals surface area contributed by atoms with Crippen LogP contribution in [0.2, 0.25) is 0 Å². The van der Waals surface area contributed by atoms with E-state index in [0.29, 0.717) is 0 Å². The highest BCUT2D eigenvalue weighted by Crippen LogP contribution is 2.08. The van der Waals surface area contributed by atoms with E-state index in [1.165, 1.54) is 0 Å². The van der Waals surface area contributed by atoms with Gasteiger partial charge in [-0.25, -0.2) is 0 Å². The van der Waals surface area contributed by atoms with E-state index >= 15 is 0 Å². The molecule has 9 heavy (non-hydrogen) atoms. The first kappa shape index (κ1) is 5.95. The summed E-state index contributed by atoms with van der Waals surface area (Å²) in [5.41, 5.74) is 6.64. The van der Waals surface area contributed by atoms with Gasteiger partial charge in [-0.15, -0.1) is 6.58 Å². The number of nitrogens with two attached hydrogens (primary N) is 1. The summed E-state index contributed by atoms with van der Waals surface area (Å²) >= 11 is 0. The number of nitrogens with one attached hydrogen (secondary N) is 1. The van der Waals surface area contributed by atoms with Gasteiger partial charge in [-0.2, -0.15) is 0 Å². The van der Waals surface area contributed by atoms with Crippen molar-refractivity contribution in [2.45, 2.75) is 6.42 Å². The first-order chi connectivity index (χ1) is 4.34. The average Bonchev–Trinajstić information content (AvgIpc) is 2.18. The minimum absolute atomic E-state index is 0.745. The van der Waals surface area contributed by atoms with E-state index in [0.717, 1.165) is 17.8 Å². The van der Waals surface area contributed by atoms with Gasteiger partial charge >= 0.3 is 0 Å². The van der Waals surface area contributed by atoms with Crippen molar-refractivity contribution in [1.29, 1.82) is 0 Å². The Labute approximate surface area is 54.4 Å². The largest absolute Gasteiger partial charge is 0.385 e. The van der Waals surface area contributed by atoms with Crippen molar-refractivity contribution >= 4 is 5.82 Å². The zero-order chi connectivity index (χ0) is 6.69. The number of nitrogen functional groups attached to an aromatic ring is 1. The Hall–Kier alpha value is -1.18. The number of aromatic nitrogens is 1. The molecule has 0 aromatic carbocycles. The van der Waals surface area contributed by atoms with Crippen LogP contribution >= 0.6 is 0 Å². The molecule has 1 aromatic heterocycles. The molecule has 0 amide bonds. The van der Waals surface area contributed by atoms with Crippen molar-refractivity contribution < 1.29 is 0 Å². The van der Waals surface area contributed by atoms with E-state index < -0.39 is 0 Å². The molecule has 0 saturated heterocycles. The lowest BCUT2D eigenvalue weighted by atomic mass is 10.2. The van der Waals surface area contributed by atoms with Gasteiger partial charge in [0.25, 0.3) is 0 Å². The minimum atomic E-state index is 0.745. The van der Waals surface area contributed by atoms with E-state index in [-0.39, 0.29) is 0 Å². The van der Waals surface area contributed by atoms with Crippen LogP contribution in [0, 0.1) is 0 Å². The van der Waals surface area contributed by atoms with Gasteiger partial charge in [0.2, 0.25) is 0 Å². The molecule has 0 bridgehead atoms. The highest BCUT2D eigenvalue weighted by Gasteiger charge is 1.93. The number of allylic oxidation sites excluding steroid dienone is 1. The van der Waals surface area contributed by atoms with Gasteiger partial charge in [0.15, 0.2) is 0 Å². The van der Waals surface area contributed by atoms with Crippen molar-refractivity contribution in [3.63, 3.8) is 0 Å². The van der Waals surface area contributed by atoms with Crippen molar-refractivity contribution in [1.82, 2.24) is 4.98 Å². The van der Waals surface area contributed by atoms with Gasteiger partial charge in [-0.1, -0.05) is 6.08 Å². The number of aromatic amines is 1. The fraction of sp³-hybridized carbons (Fsp3) is 0.143. The van der Waals surface area contributed by atoms with Crippen LogP contribution in [-0.4, -0.2) is 4.98 Å². The standard InChI is InChI=1S/C7H10N2/c1-2-3-6-4-5-9-7(6)8/h2,4-5,9H,1,3,8H2. The van der Waals surface area contributed by atoms with Crippen molar-refractivity contribution in [2.24, 2.45) is 0 Å². The summed E-state index contributed by atoms with van der Waals surface area (Å²) in [7, 11) is 0. The third-order valence-corrected chi connectivity index (χ3v) is 1.23. The molecule has 0 fully saturated rings. The monoisotopic (exact) mass is 122 g/mol. The van der Waals surface area contributed by atoms with Crippen LogP contribution in [0.4, 0.5) is 5.82 Å². The number of H-pyrrole nitrogens is 1. The Kier molecular flexibility index (Phi) is 1.58. The average molecular weight is 122 g/mol. The Morgan fingerprint density at radius 3 is 3.00 bits per heavy atom. The first-order valence-electron chi connectivity index (χ1n) is 2.87. The summed E-state index contributed by atoms with van der Waals surface area (Å²) in [6.07, 6.45) is 4.50. The Morgan fingerprint density at radius 1 is 1.78 bits per heavy atom. The molecule has 1 rings (SSSR count). The van der Waals surface area contributed by atoms with Gasteiger partial charge in [0, 0.05) is 6.20 Å². The highest BCUT2D eigenvalue weighted by atomic mass is 14.8. The van der Waals surface area contributed by atoms with E-state index in [9.17, 15) is 0 Å².